The predicted molar refractivity (Wildman–Crippen MR) is 68.5 cm³/mol. The van der Waals surface area contributed by atoms with Crippen LogP contribution in [0.25, 0.3) is 0 Å². The van der Waals surface area contributed by atoms with Gasteiger partial charge in [-0.3, -0.25) is 0 Å². The summed E-state index contributed by atoms with van der Waals surface area (Å²) < 4.78 is 5.20. The summed E-state index contributed by atoms with van der Waals surface area (Å²) >= 11 is 3.28. The number of aliphatic hydroxyl groups excluding tert-OH is 1. The smallest absolute Gasteiger partial charge is 0.135 e. The van der Waals surface area contributed by atoms with Crippen LogP contribution in [-0.2, 0) is 6.42 Å². The summed E-state index contributed by atoms with van der Waals surface area (Å²) in [5.41, 5.74) is 0. The molecule has 4 heteroatoms. The Morgan fingerprint density at radius 1 is 1.31 bits per heavy atom. The highest BCUT2D eigenvalue weighted by atomic mass is 32.1. The van der Waals surface area contributed by atoms with E-state index in [9.17, 15) is 5.11 Å². The van der Waals surface area contributed by atoms with Gasteiger partial charge in [-0.2, -0.15) is 0 Å². The van der Waals surface area contributed by atoms with E-state index >= 15 is 0 Å². The number of thiophene rings is 2. The summed E-state index contributed by atoms with van der Waals surface area (Å²) in [5.74, 6) is 0.795. The largest absolute Gasteiger partial charge is 0.495 e. The molecule has 0 radical (unpaired) electrons. The van der Waals surface area contributed by atoms with E-state index in [0.717, 1.165) is 23.5 Å². The summed E-state index contributed by atoms with van der Waals surface area (Å²) in [6.45, 7) is 0. The third-order valence-corrected chi connectivity index (χ3v) is 4.36. The van der Waals surface area contributed by atoms with Crippen LogP contribution in [0.5, 0.6) is 5.75 Å². The fourth-order valence-corrected chi connectivity index (χ4v) is 3.19. The van der Waals surface area contributed by atoms with Gasteiger partial charge < -0.3 is 9.84 Å². The lowest BCUT2D eigenvalue weighted by atomic mass is 10.1. The molecule has 2 heterocycles. The topological polar surface area (TPSA) is 29.5 Å². The van der Waals surface area contributed by atoms with Gasteiger partial charge >= 0.3 is 0 Å². The molecule has 0 saturated carbocycles. The minimum Gasteiger partial charge on any atom is -0.495 e. The SMILES string of the molecule is COc1ccsc1C(O)CCc1cccs1. The van der Waals surface area contributed by atoms with Gasteiger partial charge in [-0.25, -0.2) is 0 Å². The van der Waals surface area contributed by atoms with Crippen molar-refractivity contribution in [3.63, 3.8) is 0 Å². The third kappa shape index (κ3) is 2.64. The summed E-state index contributed by atoms with van der Waals surface area (Å²) in [6, 6.07) is 6.04. The second kappa shape index (κ2) is 5.48. The number of ether oxygens (including phenoxy) is 1. The lowest BCUT2D eigenvalue weighted by molar-refractivity contribution is 0.168. The van der Waals surface area contributed by atoms with Crippen molar-refractivity contribution >= 4 is 22.7 Å². The van der Waals surface area contributed by atoms with Crippen LogP contribution in [0.3, 0.4) is 0 Å². The molecule has 0 bridgehead atoms. The zero-order chi connectivity index (χ0) is 11.4. The first-order valence-corrected chi connectivity index (χ1v) is 6.89. The molecule has 0 fully saturated rings. The van der Waals surface area contributed by atoms with Gasteiger partial charge in [0, 0.05) is 4.88 Å². The van der Waals surface area contributed by atoms with Crippen molar-refractivity contribution in [3.8, 4) is 5.75 Å². The number of aryl methyl sites for hydroxylation is 1. The van der Waals surface area contributed by atoms with Crippen LogP contribution >= 0.6 is 22.7 Å². The minimum absolute atomic E-state index is 0.419. The highest BCUT2D eigenvalue weighted by molar-refractivity contribution is 7.10. The van der Waals surface area contributed by atoms with Crippen LogP contribution in [0, 0.1) is 0 Å². The van der Waals surface area contributed by atoms with Crippen LogP contribution in [0.4, 0.5) is 0 Å². The molecule has 2 aromatic heterocycles. The van der Waals surface area contributed by atoms with E-state index in [1.165, 1.54) is 4.88 Å². The quantitative estimate of drug-likeness (QED) is 0.885. The number of rotatable bonds is 5. The first kappa shape index (κ1) is 11.6. The van der Waals surface area contributed by atoms with Gasteiger partial charge in [0.25, 0.3) is 0 Å². The van der Waals surface area contributed by atoms with Crippen LogP contribution in [0.1, 0.15) is 22.3 Å². The first-order valence-electron chi connectivity index (χ1n) is 5.13. The maximum absolute atomic E-state index is 10.1. The van der Waals surface area contributed by atoms with Crippen molar-refractivity contribution < 1.29 is 9.84 Å². The molecule has 2 rings (SSSR count). The van der Waals surface area contributed by atoms with Crippen LogP contribution < -0.4 is 4.74 Å². The molecule has 0 amide bonds. The molecule has 0 spiro atoms. The normalized spacial score (nSPS) is 12.6. The maximum atomic E-state index is 10.1. The summed E-state index contributed by atoms with van der Waals surface area (Å²) in [7, 11) is 1.64. The molecular formula is C12H14O2S2. The molecule has 16 heavy (non-hydrogen) atoms. The van der Waals surface area contributed by atoms with Crippen molar-refractivity contribution in [1.29, 1.82) is 0 Å². The Hall–Kier alpha value is -0.840. The molecule has 0 aliphatic heterocycles. The highest BCUT2D eigenvalue weighted by Gasteiger charge is 2.14. The Kier molecular flexibility index (Phi) is 3.98. The molecule has 2 aromatic rings. The zero-order valence-corrected chi connectivity index (χ0v) is 10.7. The molecule has 0 aliphatic rings. The maximum Gasteiger partial charge on any atom is 0.135 e. The minimum atomic E-state index is -0.419. The van der Waals surface area contributed by atoms with Gasteiger partial charge in [-0.05, 0) is 35.7 Å². The summed E-state index contributed by atoms with van der Waals surface area (Å²) in [5, 5.41) is 14.1. The first-order chi connectivity index (χ1) is 7.81. The van der Waals surface area contributed by atoms with Gasteiger partial charge in [0.05, 0.1) is 18.1 Å². The van der Waals surface area contributed by atoms with Gasteiger partial charge in [0.1, 0.15) is 5.75 Å². The second-order valence-corrected chi connectivity index (χ2v) is 5.47. The molecular weight excluding hydrogens is 240 g/mol. The highest BCUT2D eigenvalue weighted by Crippen LogP contribution is 2.33. The van der Waals surface area contributed by atoms with Gasteiger partial charge in [0.2, 0.25) is 0 Å². The number of hydrogen-bond acceptors (Lipinski definition) is 4. The Balaban J connectivity index is 1.95. The Morgan fingerprint density at radius 3 is 2.88 bits per heavy atom. The van der Waals surface area contributed by atoms with Gasteiger partial charge in [-0.1, -0.05) is 6.07 Å². The molecule has 0 aromatic carbocycles. The molecule has 1 unspecified atom stereocenters. The standard InChI is InChI=1S/C12H14O2S2/c1-14-11-6-8-16-12(11)10(13)5-4-9-3-2-7-15-9/h2-3,6-8,10,13H,4-5H2,1H3. The fraction of sp³-hybridized carbons (Fsp3) is 0.333. The molecule has 1 atom stereocenters. The molecule has 0 aliphatic carbocycles. The third-order valence-electron chi connectivity index (χ3n) is 2.42. The number of hydrogen-bond donors (Lipinski definition) is 1. The van der Waals surface area contributed by atoms with E-state index in [-0.39, 0.29) is 0 Å². The van der Waals surface area contributed by atoms with Crippen molar-refractivity contribution in [2.24, 2.45) is 0 Å². The molecule has 1 N–H and O–H groups in total. The summed E-state index contributed by atoms with van der Waals surface area (Å²) in [4.78, 5) is 2.24. The Labute approximate surface area is 103 Å². The van der Waals surface area contributed by atoms with Crippen molar-refractivity contribution in [2.75, 3.05) is 7.11 Å². The lowest BCUT2D eigenvalue weighted by Crippen LogP contribution is -1.98. The van der Waals surface area contributed by atoms with Crippen molar-refractivity contribution in [3.05, 3.63) is 38.7 Å². The monoisotopic (exact) mass is 254 g/mol. The van der Waals surface area contributed by atoms with E-state index in [1.807, 2.05) is 17.5 Å². The van der Waals surface area contributed by atoms with Crippen molar-refractivity contribution in [1.82, 2.24) is 0 Å². The average molecular weight is 254 g/mol. The fourth-order valence-electron chi connectivity index (χ4n) is 1.59. The number of aliphatic hydroxyl groups is 1. The van der Waals surface area contributed by atoms with Crippen LogP contribution in [-0.4, -0.2) is 12.2 Å². The molecule has 2 nitrogen and oxygen atoms in total. The van der Waals surface area contributed by atoms with Gasteiger partial charge in [-0.15, -0.1) is 22.7 Å². The second-order valence-electron chi connectivity index (χ2n) is 3.49. The zero-order valence-electron chi connectivity index (χ0n) is 9.05. The molecule has 0 saturated heterocycles. The Morgan fingerprint density at radius 2 is 2.19 bits per heavy atom. The number of methoxy groups -OCH3 is 1. The predicted octanol–water partition coefficient (Wildman–Crippen LogP) is 3.48. The molecule has 86 valence electrons. The Bertz CT molecular complexity index is 420. The van der Waals surface area contributed by atoms with Crippen molar-refractivity contribution in [2.45, 2.75) is 18.9 Å². The van der Waals surface area contributed by atoms with E-state index in [0.29, 0.717) is 0 Å². The van der Waals surface area contributed by atoms with E-state index in [4.69, 9.17) is 4.74 Å². The van der Waals surface area contributed by atoms with E-state index < -0.39 is 6.10 Å². The van der Waals surface area contributed by atoms with Gasteiger partial charge in [0.15, 0.2) is 0 Å². The average Bonchev–Trinajstić information content (AvgIpc) is 2.96. The van der Waals surface area contributed by atoms with E-state index in [2.05, 4.69) is 11.4 Å². The summed E-state index contributed by atoms with van der Waals surface area (Å²) in [6.07, 6.45) is 1.24. The van der Waals surface area contributed by atoms with Crippen LogP contribution in [0.2, 0.25) is 0 Å². The lowest BCUT2D eigenvalue weighted by Gasteiger charge is -2.09. The van der Waals surface area contributed by atoms with Crippen LogP contribution in [0.15, 0.2) is 29.0 Å². The van der Waals surface area contributed by atoms with E-state index in [1.54, 1.807) is 29.8 Å².